The van der Waals surface area contributed by atoms with Crippen LogP contribution in [0.5, 0.6) is 11.5 Å². The van der Waals surface area contributed by atoms with E-state index >= 15 is 0 Å². The van der Waals surface area contributed by atoms with Crippen LogP contribution >= 0.6 is 0 Å². The lowest BCUT2D eigenvalue weighted by Gasteiger charge is -2.48. The molecule has 98 valence electrons. The van der Waals surface area contributed by atoms with Gasteiger partial charge in [-0.25, -0.2) is 0 Å². The number of phenolic OH excluding ortho intramolecular Hbond substituents is 1. The number of rotatable bonds is 3. The standard InChI is InChI=1S/C15H21NO2/c1-15(7-2-3-8-15)16-10-14(11-16)18-13-6-4-5-12(17)9-13/h4-6,9,14,17H,2-3,7-8,10-11H2,1H3. The van der Waals surface area contributed by atoms with E-state index in [0.29, 0.717) is 5.54 Å². The molecule has 0 amide bonds. The molecule has 3 heteroatoms. The fourth-order valence-corrected chi connectivity index (χ4v) is 3.16. The van der Waals surface area contributed by atoms with Crippen LogP contribution < -0.4 is 4.74 Å². The maximum atomic E-state index is 9.39. The number of nitrogens with zero attached hydrogens (tertiary/aromatic N) is 1. The average Bonchev–Trinajstić information content (AvgIpc) is 2.71. The van der Waals surface area contributed by atoms with Gasteiger partial charge in [0.15, 0.2) is 0 Å². The van der Waals surface area contributed by atoms with Gasteiger partial charge in [0.2, 0.25) is 0 Å². The monoisotopic (exact) mass is 247 g/mol. The zero-order valence-corrected chi connectivity index (χ0v) is 10.9. The van der Waals surface area contributed by atoms with Gasteiger partial charge in [0.05, 0.1) is 0 Å². The van der Waals surface area contributed by atoms with Crippen molar-refractivity contribution in [3.05, 3.63) is 24.3 Å². The SMILES string of the molecule is CC1(N2CC(Oc3cccc(O)c3)C2)CCCC1. The molecule has 1 heterocycles. The van der Waals surface area contributed by atoms with E-state index in [2.05, 4.69) is 11.8 Å². The van der Waals surface area contributed by atoms with Gasteiger partial charge in [-0.1, -0.05) is 18.9 Å². The van der Waals surface area contributed by atoms with E-state index in [0.717, 1.165) is 18.8 Å². The van der Waals surface area contributed by atoms with Gasteiger partial charge in [0.25, 0.3) is 0 Å². The Morgan fingerprint density at radius 3 is 2.67 bits per heavy atom. The normalized spacial score (nSPS) is 23.8. The van der Waals surface area contributed by atoms with E-state index in [4.69, 9.17) is 4.74 Å². The lowest BCUT2D eigenvalue weighted by Crippen LogP contribution is -2.61. The van der Waals surface area contributed by atoms with Crippen LogP contribution in [0.3, 0.4) is 0 Å². The summed E-state index contributed by atoms with van der Waals surface area (Å²) in [5.41, 5.74) is 0.415. The molecule has 1 aliphatic carbocycles. The molecule has 1 saturated carbocycles. The summed E-state index contributed by atoms with van der Waals surface area (Å²) in [5.74, 6) is 1.04. The number of benzene rings is 1. The molecular formula is C15H21NO2. The van der Waals surface area contributed by atoms with E-state index < -0.39 is 0 Å². The fraction of sp³-hybridized carbons (Fsp3) is 0.600. The number of ether oxygens (including phenoxy) is 1. The average molecular weight is 247 g/mol. The summed E-state index contributed by atoms with van der Waals surface area (Å²) in [6.07, 6.45) is 5.66. The van der Waals surface area contributed by atoms with Gasteiger partial charge < -0.3 is 9.84 Å². The third-order valence-corrected chi connectivity index (χ3v) is 4.41. The molecule has 18 heavy (non-hydrogen) atoms. The number of aromatic hydroxyl groups is 1. The summed E-state index contributed by atoms with van der Waals surface area (Å²) in [4.78, 5) is 2.55. The van der Waals surface area contributed by atoms with Gasteiger partial charge in [-0.2, -0.15) is 0 Å². The number of phenols is 1. The van der Waals surface area contributed by atoms with Crippen molar-refractivity contribution in [1.29, 1.82) is 0 Å². The zero-order valence-electron chi connectivity index (χ0n) is 10.9. The number of hydrogen-bond acceptors (Lipinski definition) is 3. The molecule has 3 nitrogen and oxygen atoms in total. The molecular weight excluding hydrogens is 226 g/mol. The Morgan fingerprint density at radius 1 is 1.28 bits per heavy atom. The summed E-state index contributed by atoms with van der Waals surface area (Å²) in [5, 5.41) is 9.39. The fourth-order valence-electron chi connectivity index (χ4n) is 3.16. The summed E-state index contributed by atoms with van der Waals surface area (Å²) in [6.45, 7) is 4.42. The molecule has 0 atom stereocenters. The number of hydrogen-bond donors (Lipinski definition) is 1. The quantitative estimate of drug-likeness (QED) is 0.891. The Hall–Kier alpha value is -1.22. The topological polar surface area (TPSA) is 32.7 Å². The molecule has 1 aromatic carbocycles. The molecule has 0 radical (unpaired) electrons. The van der Waals surface area contributed by atoms with Crippen LogP contribution in [0.1, 0.15) is 32.6 Å². The minimum Gasteiger partial charge on any atom is -0.508 e. The van der Waals surface area contributed by atoms with Gasteiger partial charge in [0, 0.05) is 24.7 Å². The van der Waals surface area contributed by atoms with Gasteiger partial charge in [-0.3, -0.25) is 4.90 Å². The van der Waals surface area contributed by atoms with E-state index in [-0.39, 0.29) is 11.9 Å². The predicted octanol–water partition coefficient (Wildman–Crippen LogP) is 2.79. The van der Waals surface area contributed by atoms with E-state index in [9.17, 15) is 5.11 Å². The van der Waals surface area contributed by atoms with Crippen LogP contribution in [0.25, 0.3) is 0 Å². The van der Waals surface area contributed by atoms with Gasteiger partial charge >= 0.3 is 0 Å². The van der Waals surface area contributed by atoms with E-state index in [1.807, 2.05) is 12.1 Å². The summed E-state index contributed by atoms with van der Waals surface area (Å²) in [7, 11) is 0. The van der Waals surface area contributed by atoms with Gasteiger partial charge in [0.1, 0.15) is 17.6 Å². The second kappa shape index (κ2) is 4.47. The van der Waals surface area contributed by atoms with Crippen LogP contribution in [0, 0.1) is 0 Å². The lowest BCUT2D eigenvalue weighted by atomic mass is 9.93. The molecule has 2 fully saturated rings. The highest BCUT2D eigenvalue weighted by Crippen LogP contribution is 2.38. The largest absolute Gasteiger partial charge is 0.508 e. The molecule has 1 aliphatic heterocycles. The summed E-state index contributed by atoms with van der Waals surface area (Å²) >= 11 is 0. The van der Waals surface area contributed by atoms with E-state index in [1.54, 1.807) is 12.1 Å². The molecule has 1 saturated heterocycles. The molecule has 3 rings (SSSR count). The second-order valence-electron chi connectivity index (χ2n) is 5.85. The summed E-state index contributed by atoms with van der Waals surface area (Å²) in [6, 6.07) is 7.07. The first kappa shape index (κ1) is 11.8. The van der Waals surface area contributed by atoms with Crippen molar-refractivity contribution in [2.45, 2.75) is 44.2 Å². The maximum absolute atomic E-state index is 9.39. The van der Waals surface area contributed by atoms with Crippen molar-refractivity contribution >= 4 is 0 Å². The molecule has 1 aromatic rings. The van der Waals surface area contributed by atoms with Gasteiger partial charge in [-0.05, 0) is 31.9 Å². The van der Waals surface area contributed by atoms with Crippen LogP contribution in [0.15, 0.2) is 24.3 Å². The van der Waals surface area contributed by atoms with Crippen LogP contribution in [0.4, 0.5) is 0 Å². The van der Waals surface area contributed by atoms with Crippen molar-refractivity contribution in [2.24, 2.45) is 0 Å². The Labute approximate surface area is 108 Å². The minimum atomic E-state index is 0.270. The Balaban J connectivity index is 1.53. The molecule has 1 N–H and O–H groups in total. The molecule has 0 aromatic heterocycles. The number of likely N-dealkylation sites (tertiary alicyclic amines) is 1. The first-order valence-corrected chi connectivity index (χ1v) is 6.86. The maximum Gasteiger partial charge on any atom is 0.124 e. The Kier molecular flexibility index (Phi) is 2.94. The predicted molar refractivity (Wildman–Crippen MR) is 71.0 cm³/mol. The minimum absolute atomic E-state index is 0.270. The smallest absolute Gasteiger partial charge is 0.124 e. The van der Waals surface area contributed by atoms with Crippen molar-refractivity contribution in [3.63, 3.8) is 0 Å². The van der Waals surface area contributed by atoms with Crippen molar-refractivity contribution in [2.75, 3.05) is 13.1 Å². The third kappa shape index (κ3) is 2.19. The lowest BCUT2D eigenvalue weighted by molar-refractivity contribution is -0.0464. The van der Waals surface area contributed by atoms with E-state index in [1.165, 1.54) is 25.7 Å². The van der Waals surface area contributed by atoms with Crippen molar-refractivity contribution in [3.8, 4) is 11.5 Å². The highest BCUT2D eigenvalue weighted by atomic mass is 16.5. The molecule has 0 spiro atoms. The highest BCUT2D eigenvalue weighted by molar-refractivity contribution is 5.32. The summed E-state index contributed by atoms with van der Waals surface area (Å²) < 4.78 is 5.86. The third-order valence-electron chi connectivity index (χ3n) is 4.41. The molecule has 0 unspecified atom stereocenters. The van der Waals surface area contributed by atoms with Crippen molar-refractivity contribution < 1.29 is 9.84 Å². The van der Waals surface area contributed by atoms with Gasteiger partial charge in [-0.15, -0.1) is 0 Å². The molecule has 2 aliphatic rings. The highest BCUT2D eigenvalue weighted by Gasteiger charge is 2.42. The van der Waals surface area contributed by atoms with Crippen LogP contribution in [-0.4, -0.2) is 34.7 Å². The second-order valence-corrected chi connectivity index (χ2v) is 5.85. The Bertz CT molecular complexity index is 420. The first-order valence-electron chi connectivity index (χ1n) is 6.86. The molecule has 0 bridgehead atoms. The van der Waals surface area contributed by atoms with Crippen LogP contribution in [0.2, 0.25) is 0 Å². The van der Waals surface area contributed by atoms with Crippen LogP contribution in [-0.2, 0) is 0 Å². The van der Waals surface area contributed by atoms with Crippen molar-refractivity contribution in [1.82, 2.24) is 4.90 Å². The zero-order chi connectivity index (χ0) is 12.6. The first-order chi connectivity index (χ1) is 8.66. The Morgan fingerprint density at radius 2 is 2.00 bits per heavy atom.